The largest absolute Gasteiger partial charge is 0.507 e. The molecule has 0 saturated heterocycles. The SMILES string of the molecule is CSCC[C@H](NC(C)=C1C(=O)C=C2Oc3c(C(C)=O)c(O)c(C)c(O)c3[C@@]2(C)C1=O)c1nc2ccccc2n1C. The van der Waals surface area contributed by atoms with E-state index in [-0.39, 0.29) is 45.6 Å². The van der Waals surface area contributed by atoms with Crippen molar-refractivity contribution in [2.75, 3.05) is 12.0 Å². The van der Waals surface area contributed by atoms with E-state index in [9.17, 15) is 24.6 Å². The van der Waals surface area contributed by atoms with Gasteiger partial charge in [0.05, 0.1) is 28.2 Å². The molecule has 0 amide bonds. The number of para-hydroxylation sites is 2. The molecule has 5 rings (SSSR count). The molecule has 0 radical (unpaired) electrons. The zero-order valence-corrected chi connectivity index (χ0v) is 24.0. The van der Waals surface area contributed by atoms with E-state index in [2.05, 4.69) is 5.32 Å². The summed E-state index contributed by atoms with van der Waals surface area (Å²) in [6.45, 7) is 5.96. The maximum absolute atomic E-state index is 14.2. The number of ketones is 3. The normalized spacial score (nSPS) is 20.1. The third-order valence-corrected chi connectivity index (χ3v) is 8.54. The van der Waals surface area contributed by atoms with E-state index in [0.29, 0.717) is 12.1 Å². The third-order valence-electron chi connectivity index (χ3n) is 7.89. The lowest BCUT2D eigenvalue weighted by molar-refractivity contribution is -0.123. The van der Waals surface area contributed by atoms with Gasteiger partial charge in [0.15, 0.2) is 17.3 Å². The second-order valence-electron chi connectivity index (χ2n) is 10.4. The second kappa shape index (κ2) is 9.85. The van der Waals surface area contributed by atoms with Crippen LogP contribution < -0.4 is 10.1 Å². The molecule has 1 aliphatic carbocycles. The number of phenols is 2. The predicted molar refractivity (Wildman–Crippen MR) is 153 cm³/mol. The first-order chi connectivity index (χ1) is 18.9. The maximum atomic E-state index is 14.2. The zero-order chi connectivity index (χ0) is 29.1. The van der Waals surface area contributed by atoms with Gasteiger partial charge in [-0.3, -0.25) is 14.4 Å². The number of aryl methyl sites for hydroxylation is 1. The Bertz CT molecular complexity index is 1680. The number of aromatic nitrogens is 2. The smallest absolute Gasteiger partial charge is 0.194 e. The first kappa shape index (κ1) is 27.5. The van der Waals surface area contributed by atoms with Crippen LogP contribution in [0.15, 0.2) is 47.4 Å². The standard InChI is InChI=1S/C30H31N3O6S/c1-14-25(36)23(16(3)34)27-24(26(14)37)30(4)21(39-27)13-20(35)22(28(30)38)15(2)31-18(11-12-40-6)29-32-17-9-7-8-10-19(17)33(29)5/h7-10,13,18,31,36-37H,11-12H2,1-6H3/t18-,30-/m0/s1. The molecule has 3 aromatic rings. The molecule has 3 N–H and O–H groups in total. The number of nitrogens with one attached hydrogen (secondary N) is 1. The molecule has 0 bridgehead atoms. The number of nitrogens with zero attached hydrogens (tertiary/aromatic N) is 2. The molecular weight excluding hydrogens is 530 g/mol. The van der Waals surface area contributed by atoms with Gasteiger partial charge >= 0.3 is 0 Å². The Balaban J connectivity index is 1.62. The van der Waals surface area contributed by atoms with Gasteiger partial charge in [-0.15, -0.1) is 0 Å². The minimum absolute atomic E-state index is 0.00568. The Hall–Kier alpha value is -4.05. The number of allylic oxidation sites excluding steroid dienone is 4. The van der Waals surface area contributed by atoms with Gasteiger partial charge in [-0.2, -0.15) is 11.8 Å². The number of hydrogen-bond donors (Lipinski definition) is 3. The van der Waals surface area contributed by atoms with E-state index in [1.807, 2.05) is 42.1 Å². The Morgan fingerprint density at radius 1 is 1.20 bits per heavy atom. The average molecular weight is 562 g/mol. The minimum Gasteiger partial charge on any atom is -0.507 e. The van der Waals surface area contributed by atoms with Crippen LogP contribution in [-0.2, 0) is 22.1 Å². The molecule has 1 aliphatic heterocycles. The van der Waals surface area contributed by atoms with Crippen molar-refractivity contribution in [3.05, 3.63) is 69.9 Å². The first-order valence-electron chi connectivity index (χ1n) is 12.9. The number of imidazole rings is 1. The number of hydrogen-bond acceptors (Lipinski definition) is 9. The summed E-state index contributed by atoms with van der Waals surface area (Å²) in [5, 5.41) is 25.0. The van der Waals surface area contributed by atoms with E-state index in [0.717, 1.165) is 22.6 Å². The molecule has 2 aromatic carbocycles. The Morgan fingerprint density at radius 2 is 1.90 bits per heavy atom. The van der Waals surface area contributed by atoms with Crippen LogP contribution >= 0.6 is 11.8 Å². The average Bonchev–Trinajstić information content (AvgIpc) is 3.39. The summed E-state index contributed by atoms with van der Waals surface area (Å²) in [6, 6.07) is 7.52. The van der Waals surface area contributed by atoms with Crippen molar-refractivity contribution < 1.29 is 29.3 Å². The van der Waals surface area contributed by atoms with Crippen molar-refractivity contribution in [2.24, 2.45) is 7.05 Å². The summed E-state index contributed by atoms with van der Waals surface area (Å²) in [5.74, 6) is -0.885. The van der Waals surface area contributed by atoms with Crippen molar-refractivity contribution in [1.29, 1.82) is 0 Å². The highest BCUT2D eigenvalue weighted by Crippen LogP contribution is 2.57. The van der Waals surface area contributed by atoms with Crippen LogP contribution in [0.4, 0.5) is 0 Å². The molecule has 2 heterocycles. The van der Waals surface area contributed by atoms with Gasteiger partial charge in [0.25, 0.3) is 0 Å². The number of thioether (sulfide) groups is 1. The number of carbonyl (C=O) groups is 3. The van der Waals surface area contributed by atoms with Gasteiger partial charge in [-0.25, -0.2) is 4.98 Å². The molecule has 0 fully saturated rings. The van der Waals surface area contributed by atoms with Gasteiger partial charge in [0, 0.05) is 24.4 Å². The Kier molecular flexibility index (Phi) is 6.78. The van der Waals surface area contributed by atoms with Crippen molar-refractivity contribution >= 4 is 40.1 Å². The van der Waals surface area contributed by atoms with E-state index in [4.69, 9.17) is 9.72 Å². The predicted octanol–water partition coefficient (Wildman–Crippen LogP) is 4.54. The maximum Gasteiger partial charge on any atom is 0.194 e. The van der Waals surface area contributed by atoms with Crippen LogP contribution in [0.5, 0.6) is 17.2 Å². The fraction of sp³-hybridized carbons (Fsp3) is 0.333. The van der Waals surface area contributed by atoms with Crippen molar-refractivity contribution in [3.63, 3.8) is 0 Å². The molecule has 9 nitrogen and oxygen atoms in total. The molecule has 10 heteroatoms. The second-order valence-corrected chi connectivity index (χ2v) is 11.4. The molecule has 0 spiro atoms. The zero-order valence-electron chi connectivity index (χ0n) is 23.2. The highest BCUT2D eigenvalue weighted by atomic mass is 32.2. The third kappa shape index (κ3) is 3.92. The fourth-order valence-electron chi connectivity index (χ4n) is 5.67. The Labute approximate surface area is 235 Å². The van der Waals surface area contributed by atoms with Crippen LogP contribution in [0.3, 0.4) is 0 Å². The van der Waals surface area contributed by atoms with E-state index in [1.54, 1.807) is 25.6 Å². The monoisotopic (exact) mass is 561 g/mol. The molecular formula is C30H31N3O6S. The molecule has 2 aliphatic rings. The summed E-state index contributed by atoms with van der Waals surface area (Å²) in [4.78, 5) is 44.8. The topological polar surface area (TPSA) is 131 Å². The number of fused-ring (bicyclic) bond motifs is 4. The minimum atomic E-state index is -1.57. The van der Waals surface area contributed by atoms with Crippen LogP contribution in [0.2, 0.25) is 0 Å². The van der Waals surface area contributed by atoms with Crippen LogP contribution in [0.1, 0.15) is 60.5 Å². The summed E-state index contributed by atoms with van der Waals surface area (Å²) in [5.41, 5.74) is 0.544. The Morgan fingerprint density at radius 3 is 2.55 bits per heavy atom. The molecule has 1 aromatic heterocycles. The quantitative estimate of drug-likeness (QED) is 0.216. The number of carbonyl (C=O) groups excluding carboxylic acids is 3. The lowest BCUT2D eigenvalue weighted by atomic mass is 9.70. The van der Waals surface area contributed by atoms with Gasteiger partial charge < -0.3 is 24.8 Å². The number of rotatable bonds is 7. The highest BCUT2D eigenvalue weighted by molar-refractivity contribution is 7.98. The lowest BCUT2D eigenvalue weighted by Crippen LogP contribution is -2.41. The van der Waals surface area contributed by atoms with Gasteiger partial charge in [0.2, 0.25) is 0 Å². The summed E-state index contributed by atoms with van der Waals surface area (Å²) < 4.78 is 7.87. The van der Waals surface area contributed by atoms with Gasteiger partial charge in [-0.05, 0) is 58.3 Å². The van der Waals surface area contributed by atoms with Gasteiger partial charge in [-0.1, -0.05) is 12.1 Å². The van der Waals surface area contributed by atoms with Crippen molar-refractivity contribution in [1.82, 2.24) is 14.9 Å². The van der Waals surface area contributed by atoms with Crippen LogP contribution in [0.25, 0.3) is 11.0 Å². The van der Waals surface area contributed by atoms with Crippen molar-refractivity contribution in [2.45, 2.75) is 45.6 Å². The molecule has 0 saturated carbocycles. The highest BCUT2D eigenvalue weighted by Gasteiger charge is 2.56. The molecule has 0 unspecified atom stereocenters. The number of benzene rings is 2. The lowest BCUT2D eigenvalue weighted by Gasteiger charge is -2.30. The van der Waals surface area contributed by atoms with Crippen LogP contribution in [-0.4, -0.2) is 49.1 Å². The molecule has 2 atom stereocenters. The number of aromatic hydroxyl groups is 2. The van der Waals surface area contributed by atoms with E-state index in [1.165, 1.54) is 19.9 Å². The number of phenolic OH excluding ortho intramolecular Hbond substituents is 2. The summed E-state index contributed by atoms with van der Waals surface area (Å²) in [7, 11) is 1.94. The number of Topliss-reactive ketones (excluding diaryl/α,β-unsaturated/α-hetero) is 2. The number of ether oxygens (including phenoxy) is 1. The molecule has 208 valence electrons. The fourth-order valence-corrected chi connectivity index (χ4v) is 6.14. The van der Waals surface area contributed by atoms with E-state index >= 15 is 0 Å². The summed E-state index contributed by atoms with van der Waals surface area (Å²) >= 11 is 1.68. The first-order valence-corrected chi connectivity index (χ1v) is 14.3. The van der Waals surface area contributed by atoms with Crippen LogP contribution in [0, 0.1) is 6.92 Å². The van der Waals surface area contributed by atoms with E-state index < -0.39 is 28.5 Å². The van der Waals surface area contributed by atoms with Gasteiger partial charge in [0.1, 0.15) is 39.8 Å². The molecule has 40 heavy (non-hydrogen) atoms. The summed E-state index contributed by atoms with van der Waals surface area (Å²) in [6.07, 6.45) is 3.93. The van der Waals surface area contributed by atoms with Crippen molar-refractivity contribution in [3.8, 4) is 17.2 Å².